The van der Waals surface area contributed by atoms with E-state index in [0.717, 1.165) is 5.69 Å². The number of urea groups is 1. The summed E-state index contributed by atoms with van der Waals surface area (Å²) in [5.74, 6) is 0. The van der Waals surface area contributed by atoms with Crippen LogP contribution in [0.5, 0.6) is 0 Å². The lowest BCUT2D eigenvalue weighted by Gasteiger charge is -2.34. The highest BCUT2D eigenvalue weighted by atomic mass is 16.6. The Bertz CT molecular complexity index is 501. The molecular weight excluding hydrogens is 296 g/mol. The molecule has 2 rings (SSSR count). The Morgan fingerprint density at radius 1 is 1.04 bits per heavy atom. The molecule has 7 nitrogen and oxygen atoms in total. The van der Waals surface area contributed by atoms with Crippen LogP contribution in [-0.2, 0) is 4.74 Å². The summed E-state index contributed by atoms with van der Waals surface area (Å²) in [5, 5.41) is 6.12. The average molecular weight is 320 g/mol. The number of carbonyl (C=O) groups is 2. The van der Waals surface area contributed by atoms with Crippen molar-refractivity contribution in [1.82, 2.24) is 15.1 Å². The van der Waals surface area contributed by atoms with Gasteiger partial charge in [0, 0.05) is 45.0 Å². The maximum absolute atomic E-state index is 12.1. The number of nitrogens with one attached hydrogen (secondary N) is 2. The summed E-state index contributed by atoms with van der Waals surface area (Å²) < 4.78 is 4.96. The molecule has 1 aromatic rings. The van der Waals surface area contributed by atoms with Crippen molar-refractivity contribution in [1.29, 1.82) is 0 Å². The molecule has 7 heteroatoms. The fourth-order valence-corrected chi connectivity index (χ4v) is 2.35. The third-order valence-corrected chi connectivity index (χ3v) is 3.60. The first kappa shape index (κ1) is 16.9. The van der Waals surface area contributed by atoms with Crippen LogP contribution in [0.1, 0.15) is 6.92 Å². The molecule has 3 amide bonds. The van der Waals surface area contributed by atoms with Gasteiger partial charge in [-0.3, -0.25) is 0 Å². The lowest BCUT2D eigenvalue weighted by molar-refractivity contribution is 0.0852. The monoisotopic (exact) mass is 320 g/mol. The van der Waals surface area contributed by atoms with Crippen molar-refractivity contribution in [3.8, 4) is 0 Å². The van der Waals surface area contributed by atoms with Crippen LogP contribution in [0.15, 0.2) is 30.3 Å². The standard InChI is InChI=1S/C16H24N4O3/c1-2-23-16(22)20-12-10-19(11-13-20)15(21)18-9-8-17-14-6-4-3-5-7-14/h3-7,17H,2,8-13H2,1H3,(H,18,21). The summed E-state index contributed by atoms with van der Waals surface area (Å²) in [7, 11) is 0. The van der Waals surface area contributed by atoms with Gasteiger partial charge < -0.3 is 25.2 Å². The van der Waals surface area contributed by atoms with Crippen molar-refractivity contribution in [2.45, 2.75) is 6.92 Å². The zero-order valence-corrected chi connectivity index (χ0v) is 13.5. The first-order valence-corrected chi connectivity index (χ1v) is 7.94. The molecule has 0 radical (unpaired) electrons. The highest BCUT2D eigenvalue weighted by Gasteiger charge is 2.24. The van der Waals surface area contributed by atoms with E-state index in [1.54, 1.807) is 16.7 Å². The Morgan fingerprint density at radius 2 is 1.70 bits per heavy atom. The van der Waals surface area contributed by atoms with Gasteiger partial charge in [-0.25, -0.2) is 9.59 Å². The van der Waals surface area contributed by atoms with Crippen LogP contribution < -0.4 is 10.6 Å². The third-order valence-electron chi connectivity index (χ3n) is 3.60. The second-order valence-electron chi connectivity index (χ2n) is 5.20. The van der Waals surface area contributed by atoms with Crippen LogP contribution in [0.4, 0.5) is 15.3 Å². The minimum absolute atomic E-state index is 0.0941. The van der Waals surface area contributed by atoms with E-state index >= 15 is 0 Å². The smallest absolute Gasteiger partial charge is 0.409 e. The SMILES string of the molecule is CCOC(=O)N1CCN(C(=O)NCCNc2ccccc2)CC1. The largest absolute Gasteiger partial charge is 0.450 e. The van der Waals surface area contributed by atoms with Crippen LogP contribution in [-0.4, -0.2) is 67.8 Å². The van der Waals surface area contributed by atoms with Crippen molar-refractivity contribution in [2.75, 3.05) is 51.2 Å². The first-order valence-electron chi connectivity index (χ1n) is 7.94. The van der Waals surface area contributed by atoms with Crippen molar-refractivity contribution >= 4 is 17.8 Å². The van der Waals surface area contributed by atoms with Gasteiger partial charge in [0.25, 0.3) is 0 Å². The van der Waals surface area contributed by atoms with E-state index in [-0.39, 0.29) is 12.1 Å². The molecule has 1 aromatic carbocycles. The van der Waals surface area contributed by atoms with E-state index in [9.17, 15) is 9.59 Å². The Morgan fingerprint density at radius 3 is 2.35 bits per heavy atom. The van der Waals surface area contributed by atoms with E-state index < -0.39 is 0 Å². The van der Waals surface area contributed by atoms with E-state index in [0.29, 0.717) is 45.9 Å². The quantitative estimate of drug-likeness (QED) is 0.808. The molecule has 1 aliphatic rings. The minimum atomic E-state index is -0.306. The van der Waals surface area contributed by atoms with Crippen molar-refractivity contribution in [3.63, 3.8) is 0 Å². The summed E-state index contributed by atoms with van der Waals surface area (Å²) in [6.45, 7) is 5.43. The average Bonchev–Trinajstić information content (AvgIpc) is 2.60. The summed E-state index contributed by atoms with van der Waals surface area (Å²) >= 11 is 0. The molecule has 0 unspecified atom stereocenters. The topological polar surface area (TPSA) is 73.9 Å². The molecule has 23 heavy (non-hydrogen) atoms. The second-order valence-corrected chi connectivity index (χ2v) is 5.20. The lowest BCUT2D eigenvalue weighted by atomic mass is 10.3. The number of rotatable bonds is 5. The molecule has 1 saturated heterocycles. The van der Waals surface area contributed by atoms with Gasteiger partial charge in [-0.2, -0.15) is 0 Å². The van der Waals surface area contributed by atoms with Gasteiger partial charge in [0.2, 0.25) is 0 Å². The Kier molecular flexibility index (Phi) is 6.53. The van der Waals surface area contributed by atoms with Crippen LogP contribution in [0.2, 0.25) is 0 Å². The molecular formula is C16H24N4O3. The predicted octanol–water partition coefficient (Wildman–Crippen LogP) is 1.58. The van der Waals surface area contributed by atoms with Crippen LogP contribution in [0, 0.1) is 0 Å². The molecule has 2 N–H and O–H groups in total. The molecule has 0 saturated carbocycles. The molecule has 0 aromatic heterocycles. The number of ether oxygens (including phenoxy) is 1. The van der Waals surface area contributed by atoms with Crippen LogP contribution in [0.25, 0.3) is 0 Å². The van der Waals surface area contributed by atoms with Gasteiger partial charge in [-0.05, 0) is 19.1 Å². The summed E-state index contributed by atoms with van der Waals surface area (Å²) in [4.78, 5) is 27.0. The molecule has 0 aliphatic carbocycles. The van der Waals surface area contributed by atoms with E-state index in [4.69, 9.17) is 4.74 Å². The van der Waals surface area contributed by atoms with Crippen LogP contribution >= 0.6 is 0 Å². The Labute approximate surface area is 136 Å². The number of anilines is 1. The number of amides is 3. The van der Waals surface area contributed by atoms with Gasteiger partial charge in [0.15, 0.2) is 0 Å². The summed E-state index contributed by atoms with van der Waals surface area (Å²) in [6.07, 6.45) is -0.306. The highest BCUT2D eigenvalue weighted by molar-refractivity contribution is 5.75. The molecule has 0 bridgehead atoms. The van der Waals surface area contributed by atoms with Gasteiger partial charge in [-0.15, -0.1) is 0 Å². The van der Waals surface area contributed by atoms with E-state index in [1.807, 2.05) is 30.3 Å². The Hall–Kier alpha value is -2.44. The zero-order chi connectivity index (χ0) is 16.5. The number of hydrogen-bond donors (Lipinski definition) is 2. The fourth-order valence-electron chi connectivity index (χ4n) is 2.35. The molecule has 126 valence electrons. The Balaban J connectivity index is 1.62. The normalized spacial score (nSPS) is 14.3. The van der Waals surface area contributed by atoms with E-state index in [2.05, 4.69) is 10.6 Å². The number of benzene rings is 1. The van der Waals surface area contributed by atoms with E-state index in [1.165, 1.54) is 0 Å². The predicted molar refractivity (Wildman–Crippen MR) is 88.5 cm³/mol. The first-order chi connectivity index (χ1) is 11.2. The number of hydrogen-bond acceptors (Lipinski definition) is 4. The van der Waals surface area contributed by atoms with Crippen molar-refractivity contribution < 1.29 is 14.3 Å². The minimum Gasteiger partial charge on any atom is -0.450 e. The zero-order valence-electron chi connectivity index (χ0n) is 13.5. The highest BCUT2D eigenvalue weighted by Crippen LogP contribution is 2.05. The maximum atomic E-state index is 12.1. The van der Waals surface area contributed by atoms with Crippen LogP contribution in [0.3, 0.4) is 0 Å². The number of carbonyl (C=O) groups excluding carboxylic acids is 2. The summed E-state index contributed by atoms with van der Waals surface area (Å²) in [6, 6.07) is 9.76. The van der Waals surface area contributed by atoms with Crippen molar-refractivity contribution in [2.24, 2.45) is 0 Å². The fraction of sp³-hybridized carbons (Fsp3) is 0.500. The number of para-hydroxylation sites is 1. The third kappa shape index (κ3) is 5.36. The summed E-state index contributed by atoms with van der Waals surface area (Å²) in [5.41, 5.74) is 1.03. The number of nitrogens with zero attached hydrogens (tertiary/aromatic N) is 2. The molecule has 0 atom stereocenters. The van der Waals surface area contributed by atoms with Gasteiger partial charge in [0.05, 0.1) is 6.61 Å². The van der Waals surface area contributed by atoms with Gasteiger partial charge in [-0.1, -0.05) is 18.2 Å². The number of piperazine rings is 1. The van der Waals surface area contributed by atoms with Gasteiger partial charge in [0.1, 0.15) is 0 Å². The van der Waals surface area contributed by atoms with Crippen molar-refractivity contribution in [3.05, 3.63) is 30.3 Å². The molecule has 1 aliphatic heterocycles. The lowest BCUT2D eigenvalue weighted by Crippen LogP contribution is -2.53. The van der Waals surface area contributed by atoms with Gasteiger partial charge >= 0.3 is 12.1 Å². The molecule has 1 fully saturated rings. The maximum Gasteiger partial charge on any atom is 0.409 e. The molecule has 1 heterocycles. The second kappa shape index (κ2) is 8.87. The molecule has 0 spiro atoms.